The molecule has 1 aromatic carbocycles. The third-order valence-corrected chi connectivity index (χ3v) is 11.1. The Kier molecular flexibility index (Phi) is 23.9. The zero-order chi connectivity index (χ0) is 49.8. The van der Waals surface area contributed by atoms with E-state index in [9.17, 15) is 28.8 Å². The fraction of sp³-hybridized carbons (Fsp3) is 0.733. The smallest absolute Gasteiger partial charge is 0.320 e. The van der Waals surface area contributed by atoms with Gasteiger partial charge in [-0.25, -0.2) is 0 Å². The third kappa shape index (κ3) is 25.8. The Morgan fingerprint density at radius 3 is 1.25 bits per heavy atom. The molecule has 0 bridgehead atoms. The van der Waals surface area contributed by atoms with Gasteiger partial charge < -0.3 is 33.3 Å². The van der Waals surface area contributed by atoms with Gasteiger partial charge in [-0.15, -0.1) is 0 Å². The minimum Gasteiger partial charge on any atom is -0.459 e. The van der Waals surface area contributed by atoms with Gasteiger partial charge in [-0.3, -0.25) is 43.5 Å². The maximum absolute atomic E-state index is 13.6. The van der Waals surface area contributed by atoms with E-state index >= 15 is 0 Å². The SMILES string of the molecule is CC(=O)N(C)c1c(I)cc(I)c(COCC(CN(CCN(CC(=O)OC(C)(C)C)CC(=O)OC(C)(C)C)CC(=O)OC(C)(C)C)N(CC(=O)OC(C)(C)C)CC(=O)OC(C)(C)C)c1I. The first-order valence-electron chi connectivity index (χ1n) is 21.1. The second-order valence-corrected chi connectivity index (χ2v) is 23.9. The second kappa shape index (κ2) is 25.4. The molecule has 16 nitrogen and oxygen atoms in total. The van der Waals surface area contributed by atoms with Crippen molar-refractivity contribution in [3.8, 4) is 0 Å². The molecule has 1 rings (SSSR count). The number of amides is 1. The van der Waals surface area contributed by atoms with E-state index in [4.69, 9.17) is 28.4 Å². The summed E-state index contributed by atoms with van der Waals surface area (Å²) < 4.78 is 37.5. The first kappa shape index (κ1) is 60.1. The number of halogens is 3. The van der Waals surface area contributed by atoms with E-state index in [0.717, 1.165) is 22.0 Å². The zero-order valence-corrected chi connectivity index (χ0v) is 47.5. The zero-order valence-electron chi connectivity index (χ0n) is 41.0. The van der Waals surface area contributed by atoms with Gasteiger partial charge in [0.25, 0.3) is 0 Å². The molecule has 64 heavy (non-hydrogen) atoms. The quantitative estimate of drug-likeness (QED) is 0.0701. The van der Waals surface area contributed by atoms with Gasteiger partial charge in [0.05, 0.1) is 51.6 Å². The summed E-state index contributed by atoms with van der Waals surface area (Å²) in [6.45, 7) is 26.6. The molecule has 0 aliphatic carbocycles. The van der Waals surface area contributed by atoms with Gasteiger partial charge in [0.15, 0.2) is 0 Å². The maximum atomic E-state index is 13.6. The van der Waals surface area contributed by atoms with Crippen molar-refractivity contribution in [2.45, 2.75) is 151 Å². The molecule has 0 radical (unpaired) electrons. The van der Waals surface area contributed by atoms with Crippen molar-refractivity contribution >= 4 is 109 Å². The van der Waals surface area contributed by atoms with Crippen LogP contribution in [0.15, 0.2) is 6.07 Å². The number of anilines is 1. The summed E-state index contributed by atoms with van der Waals surface area (Å²) in [4.78, 5) is 86.0. The monoisotopic (exact) mass is 1240 g/mol. The van der Waals surface area contributed by atoms with Crippen molar-refractivity contribution in [3.63, 3.8) is 0 Å². The van der Waals surface area contributed by atoms with Crippen molar-refractivity contribution in [2.24, 2.45) is 0 Å². The van der Waals surface area contributed by atoms with Crippen molar-refractivity contribution in [1.82, 2.24) is 14.7 Å². The van der Waals surface area contributed by atoms with Crippen LogP contribution in [0.4, 0.5) is 5.69 Å². The highest BCUT2D eigenvalue weighted by Crippen LogP contribution is 2.34. The lowest BCUT2D eigenvalue weighted by Gasteiger charge is -2.36. The Morgan fingerprint density at radius 2 is 0.891 bits per heavy atom. The predicted molar refractivity (Wildman–Crippen MR) is 271 cm³/mol. The standard InChI is InChI=1S/C45H73I3N4O12/c1-29(53)49(17)40-33(47)20-32(46)31(39(40)48)28-59-27-30(52(25-37(57)63-44(11,12)13)26-38(58)64-45(14,15)16)21-50(22-34(54)60-41(2,3)4)18-19-51(23-35(55)61-42(5,6)7)24-36(56)62-43(8,9)10/h20,30H,18-19,21-28H2,1-17H3. The molecule has 1 aromatic rings. The maximum Gasteiger partial charge on any atom is 0.320 e. The lowest BCUT2D eigenvalue weighted by atomic mass is 10.1. The highest BCUT2D eigenvalue weighted by Gasteiger charge is 2.32. The average molecular weight is 1240 g/mol. The number of ether oxygens (including phenoxy) is 6. The second-order valence-electron chi connectivity index (χ2n) is 20.5. The van der Waals surface area contributed by atoms with E-state index in [0.29, 0.717) is 0 Å². The van der Waals surface area contributed by atoms with Crippen LogP contribution in [0.25, 0.3) is 0 Å². The van der Waals surface area contributed by atoms with Crippen LogP contribution < -0.4 is 4.90 Å². The largest absolute Gasteiger partial charge is 0.459 e. The summed E-state index contributed by atoms with van der Waals surface area (Å²) in [7, 11) is 1.71. The average Bonchev–Trinajstić information content (AvgIpc) is 3.02. The van der Waals surface area contributed by atoms with E-state index < -0.39 is 63.9 Å². The van der Waals surface area contributed by atoms with Crippen LogP contribution in [-0.4, -0.2) is 151 Å². The Balaban J connectivity index is 3.90. The molecule has 1 unspecified atom stereocenters. The molecule has 1 amide bonds. The topological polar surface area (TPSA) is 171 Å². The van der Waals surface area contributed by atoms with Gasteiger partial charge in [-0.2, -0.15) is 0 Å². The van der Waals surface area contributed by atoms with Crippen LogP contribution in [0, 0.1) is 10.7 Å². The van der Waals surface area contributed by atoms with Crippen molar-refractivity contribution in [1.29, 1.82) is 0 Å². The molecule has 0 fully saturated rings. The fourth-order valence-electron chi connectivity index (χ4n) is 5.88. The molecule has 0 saturated carbocycles. The molecule has 0 N–H and O–H groups in total. The highest BCUT2D eigenvalue weighted by atomic mass is 127. The molecular formula is C45H73I3N4O12. The van der Waals surface area contributed by atoms with Gasteiger partial charge >= 0.3 is 29.8 Å². The van der Waals surface area contributed by atoms with Crippen LogP contribution in [0.1, 0.15) is 116 Å². The van der Waals surface area contributed by atoms with Gasteiger partial charge in [-0.1, -0.05) is 0 Å². The van der Waals surface area contributed by atoms with Crippen LogP contribution in [0.5, 0.6) is 0 Å². The van der Waals surface area contributed by atoms with Crippen LogP contribution in [0.2, 0.25) is 0 Å². The predicted octanol–water partition coefficient (Wildman–Crippen LogP) is 6.98. The van der Waals surface area contributed by atoms with E-state index in [1.165, 1.54) is 6.92 Å². The van der Waals surface area contributed by atoms with Gasteiger partial charge in [0, 0.05) is 55.9 Å². The minimum atomic E-state index is -0.835. The molecular weight excluding hydrogens is 1170 g/mol. The van der Waals surface area contributed by atoms with Crippen LogP contribution >= 0.6 is 67.8 Å². The molecule has 0 aromatic heterocycles. The Bertz CT molecular complexity index is 1720. The molecule has 0 aliphatic heterocycles. The summed E-state index contributed by atoms with van der Waals surface area (Å²) in [6, 6.07) is 1.21. The Morgan fingerprint density at radius 1 is 0.547 bits per heavy atom. The van der Waals surface area contributed by atoms with E-state index in [1.54, 1.807) is 131 Å². The van der Waals surface area contributed by atoms with Gasteiger partial charge in [0.2, 0.25) is 5.91 Å². The van der Waals surface area contributed by atoms with Gasteiger partial charge in [0.1, 0.15) is 28.0 Å². The Labute approximate surface area is 422 Å². The summed E-state index contributed by atoms with van der Waals surface area (Å²) in [5.74, 6) is -2.99. The van der Waals surface area contributed by atoms with E-state index in [-0.39, 0.29) is 71.5 Å². The molecule has 0 spiro atoms. The molecule has 0 aliphatic rings. The van der Waals surface area contributed by atoms with Crippen molar-refractivity contribution in [3.05, 3.63) is 22.3 Å². The van der Waals surface area contributed by atoms with Crippen LogP contribution in [-0.2, 0) is 63.8 Å². The van der Waals surface area contributed by atoms with Crippen molar-refractivity contribution in [2.75, 3.05) is 70.9 Å². The lowest BCUT2D eigenvalue weighted by Crippen LogP contribution is -2.53. The molecule has 0 saturated heterocycles. The first-order valence-corrected chi connectivity index (χ1v) is 24.3. The number of hydrogen-bond donors (Lipinski definition) is 0. The number of carbonyl (C=O) groups is 6. The number of benzene rings is 1. The number of nitrogens with zero attached hydrogens (tertiary/aromatic N) is 4. The van der Waals surface area contributed by atoms with E-state index in [1.807, 2.05) is 6.07 Å². The minimum absolute atomic E-state index is 0.0384. The number of hydrogen-bond acceptors (Lipinski definition) is 15. The molecule has 366 valence electrons. The summed E-state index contributed by atoms with van der Waals surface area (Å²) >= 11 is 6.65. The van der Waals surface area contributed by atoms with E-state index in [2.05, 4.69) is 67.8 Å². The normalized spacial score (nSPS) is 13.2. The number of rotatable bonds is 21. The number of esters is 5. The van der Waals surface area contributed by atoms with Gasteiger partial charge in [-0.05, 0) is 178 Å². The third-order valence-electron chi connectivity index (χ3n) is 8.15. The van der Waals surface area contributed by atoms with Crippen LogP contribution in [0.3, 0.4) is 0 Å². The molecule has 1 atom stereocenters. The molecule has 19 heteroatoms. The summed E-state index contributed by atoms with van der Waals surface area (Å²) in [6.07, 6.45) is 0. The summed E-state index contributed by atoms with van der Waals surface area (Å²) in [5.41, 5.74) is -2.48. The summed E-state index contributed by atoms with van der Waals surface area (Å²) in [5, 5.41) is 0. The number of carbonyl (C=O) groups excluding carboxylic acids is 6. The van der Waals surface area contributed by atoms with Crippen molar-refractivity contribution < 1.29 is 57.2 Å². The Hall–Kier alpha value is -1.93. The lowest BCUT2D eigenvalue weighted by molar-refractivity contribution is -0.163. The molecule has 0 heterocycles. The fourth-order valence-corrected chi connectivity index (χ4v) is 10.3. The highest BCUT2D eigenvalue weighted by molar-refractivity contribution is 14.1. The first-order chi connectivity index (χ1) is 28.8.